The summed E-state index contributed by atoms with van der Waals surface area (Å²) < 4.78 is 27.3. The molecule has 0 spiro atoms. The molecule has 0 radical (unpaired) electrons. The zero-order valence-electron chi connectivity index (χ0n) is 17.2. The lowest BCUT2D eigenvalue weighted by Gasteiger charge is -2.27. The lowest BCUT2D eigenvalue weighted by molar-refractivity contribution is 0.162. The van der Waals surface area contributed by atoms with Gasteiger partial charge >= 0.3 is 0 Å². The van der Waals surface area contributed by atoms with E-state index >= 15 is 0 Å². The van der Waals surface area contributed by atoms with Crippen LogP contribution in [-0.2, 0) is 16.1 Å². The summed E-state index contributed by atoms with van der Waals surface area (Å²) in [6.45, 7) is 2.00. The van der Waals surface area contributed by atoms with Gasteiger partial charge in [0, 0.05) is 12.4 Å². The molecule has 2 aromatic heterocycles. The first kappa shape index (κ1) is 19.2. The van der Waals surface area contributed by atoms with Gasteiger partial charge in [-0.15, -0.1) is 10.2 Å². The average molecular weight is 416 g/mol. The van der Waals surface area contributed by atoms with Gasteiger partial charge in [-0.1, -0.05) is 18.2 Å². The molecule has 31 heavy (non-hydrogen) atoms. The van der Waals surface area contributed by atoms with Crippen LogP contribution < -0.4 is 0 Å². The lowest BCUT2D eigenvalue weighted by atomic mass is 9.91. The normalized spacial score (nSPS) is 19.7. The maximum Gasteiger partial charge on any atom is 0.175 e. The molecule has 2 unspecified atom stereocenters. The highest BCUT2D eigenvalue weighted by Crippen LogP contribution is 2.30. The van der Waals surface area contributed by atoms with Gasteiger partial charge in [-0.05, 0) is 60.0 Å². The number of rotatable bonds is 5. The molecule has 5 rings (SSSR count). The fraction of sp³-hybridized carbons (Fsp3) is 0.208. The van der Waals surface area contributed by atoms with Crippen LogP contribution in [-0.4, -0.2) is 34.0 Å². The van der Waals surface area contributed by atoms with Crippen LogP contribution in [0.3, 0.4) is 0 Å². The predicted molar refractivity (Wildman–Crippen MR) is 116 cm³/mol. The van der Waals surface area contributed by atoms with Crippen molar-refractivity contribution < 1.29 is 13.9 Å². The first-order valence-corrected chi connectivity index (χ1v) is 10.0. The van der Waals surface area contributed by atoms with E-state index in [1.54, 1.807) is 32.4 Å². The Labute approximate surface area is 179 Å². The first-order chi connectivity index (χ1) is 15.1. The Bertz CT molecular complexity index is 1270. The van der Waals surface area contributed by atoms with Crippen LogP contribution in [0.15, 0.2) is 77.3 Å². The van der Waals surface area contributed by atoms with Crippen molar-refractivity contribution in [2.75, 3.05) is 7.11 Å². The number of aromatic nitrogens is 3. The topological polar surface area (TPSA) is 61.0 Å². The fourth-order valence-corrected chi connectivity index (χ4v) is 3.77. The average Bonchev–Trinajstić information content (AvgIpc) is 3.21. The van der Waals surface area contributed by atoms with E-state index in [1.807, 2.05) is 53.1 Å². The maximum atomic E-state index is 14.0. The van der Waals surface area contributed by atoms with E-state index in [0.717, 1.165) is 22.6 Å². The number of aliphatic imine (C=N–C) groups is 1. The Balaban J connectivity index is 1.38. The zero-order chi connectivity index (χ0) is 21.4. The van der Waals surface area contributed by atoms with Crippen LogP contribution >= 0.6 is 0 Å². The molecule has 0 bridgehead atoms. The van der Waals surface area contributed by atoms with Gasteiger partial charge in [0.15, 0.2) is 11.5 Å². The van der Waals surface area contributed by atoms with Gasteiger partial charge in [0.2, 0.25) is 0 Å². The molecule has 1 aromatic carbocycles. The second-order valence-corrected chi connectivity index (χ2v) is 7.53. The van der Waals surface area contributed by atoms with Crippen molar-refractivity contribution in [2.24, 2.45) is 10.9 Å². The Hall–Kier alpha value is -3.74. The molecule has 1 aliphatic heterocycles. The minimum atomic E-state index is -0.225. The van der Waals surface area contributed by atoms with Gasteiger partial charge in [-0.25, -0.2) is 4.39 Å². The van der Waals surface area contributed by atoms with Crippen molar-refractivity contribution in [3.63, 3.8) is 0 Å². The number of pyridine rings is 1. The van der Waals surface area contributed by atoms with Crippen molar-refractivity contribution >= 4 is 11.9 Å². The molecule has 2 aliphatic rings. The Kier molecular flexibility index (Phi) is 4.86. The second kappa shape index (κ2) is 7.83. The molecule has 0 fully saturated rings. The van der Waals surface area contributed by atoms with Crippen molar-refractivity contribution in [1.82, 2.24) is 14.6 Å². The monoisotopic (exact) mass is 416 g/mol. The predicted octanol–water partition coefficient (Wildman–Crippen LogP) is 4.41. The molecule has 1 aliphatic carbocycles. The number of hydrogen-bond acceptors (Lipinski definition) is 5. The molecule has 0 saturated carbocycles. The number of dihydropyridines is 1. The largest absolute Gasteiger partial charge is 0.497 e. The van der Waals surface area contributed by atoms with E-state index < -0.39 is 0 Å². The summed E-state index contributed by atoms with van der Waals surface area (Å²) in [4.78, 5) is 4.50. The van der Waals surface area contributed by atoms with Gasteiger partial charge < -0.3 is 9.47 Å². The van der Waals surface area contributed by atoms with Gasteiger partial charge in [0.1, 0.15) is 23.9 Å². The number of methoxy groups -OCH3 is 1. The standard InChI is InChI=1S/C24H21FN4O2/c1-15-3-4-16(11-20(15)25)17-5-8-23-27-28-24(29(23)13-17)14-31-22-9-10-26-21-12-18(30-2)6-7-19(21)22/h3-13,19,21H,14H2,1-2H3. The van der Waals surface area contributed by atoms with Crippen LogP contribution in [0.5, 0.6) is 0 Å². The summed E-state index contributed by atoms with van der Waals surface area (Å²) in [6.07, 6.45) is 11.5. The van der Waals surface area contributed by atoms with Crippen molar-refractivity contribution in [2.45, 2.75) is 19.6 Å². The van der Waals surface area contributed by atoms with Gasteiger partial charge in [0.05, 0.1) is 19.1 Å². The third kappa shape index (κ3) is 3.63. The van der Waals surface area contributed by atoms with Crippen LogP contribution in [0.4, 0.5) is 4.39 Å². The minimum absolute atomic E-state index is 0.0224. The number of fused-ring (bicyclic) bond motifs is 2. The Morgan fingerprint density at radius 3 is 2.84 bits per heavy atom. The number of ether oxygens (including phenoxy) is 2. The maximum absolute atomic E-state index is 14.0. The van der Waals surface area contributed by atoms with Crippen LogP contribution in [0.1, 0.15) is 11.4 Å². The van der Waals surface area contributed by atoms with Crippen molar-refractivity contribution in [3.05, 3.63) is 89.6 Å². The van der Waals surface area contributed by atoms with Gasteiger partial charge in [0.25, 0.3) is 0 Å². The second-order valence-electron chi connectivity index (χ2n) is 7.53. The van der Waals surface area contributed by atoms with Crippen LogP contribution in [0, 0.1) is 18.7 Å². The molecule has 0 saturated heterocycles. The summed E-state index contributed by atoms with van der Waals surface area (Å²) >= 11 is 0. The molecule has 0 N–H and O–H groups in total. The van der Waals surface area contributed by atoms with Crippen LogP contribution in [0.2, 0.25) is 0 Å². The third-order valence-electron chi connectivity index (χ3n) is 5.58. The molecule has 7 heteroatoms. The quantitative estimate of drug-likeness (QED) is 0.618. The summed E-state index contributed by atoms with van der Waals surface area (Å²) in [5.74, 6) is 2.07. The highest BCUT2D eigenvalue weighted by atomic mass is 19.1. The highest BCUT2D eigenvalue weighted by Gasteiger charge is 2.27. The number of allylic oxidation sites excluding steroid dienone is 2. The fourth-order valence-electron chi connectivity index (χ4n) is 3.77. The molecule has 2 atom stereocenters. The number of benzene rings is 1. The molecule has 3 heterocycles. The van der Waals surface area contributed by atoms with E-state index in [2.05, 4.69) is 15.2 Å². The molecule has 0 amide bonds. The molecular weight excluding hydrogens is 395 g/mol. The van der Waals surface area contributed by atoms with Gasteiger partial charge in [-0.3, -0.25) is 9.39 Å². The Morgan fingerprint density at radius 2 is 2.00 bits per heavy atom. The first-order valence-electron chi connectivity index (χ1n) is 10.0. The van der Waals surface area contributed by atoms with Gasteiger partial charge in [-0.2, -0.15) is 0 Å². The Morgan fingerprint density at radius 1 is 1.13 bits per heavy atom. The van der Waals surface area contributed by atoms with Crippen molar-refractivity contribution in [3.8, 4) is 11.1 Å². The number of aryl methyl sites for hydroxylation is 1. The highest BCUT2D eigenvalue weighted by molar-refractivity contribution is 5.74. The van der Waals surface area contributed by atoms with E-state index in [1.165, 1.54) is 0 Å². The van der Waals surface area contributed by atoms with E-state index in [9.17, 15) is 4.39 Å². The number of hydrogen-bond donors (Lipinski definition) is 0. The smallest absolute Gasteiger partial charge is 0.175 e. The number of halogens is 1. The SMILES string of the molecule is COC1=CC2N=CC=C(OCc3nnc4ccc(-c5ccc(C)c(F)c5)cn34)C2C=C1. The lowest BCUT2D eigenvalue weighted by Crippen LogP contribution is -2.24. The molecular formula is C24H21FN4O2. The van der Waals surface area contributed by atoms with E-state index in [4.69, 9.17) is 9.47 Å². The summed E-state index contributed by atoms with van der Waals surface area (Å²) in [7, 11) is 1.64. The third-order valence-corrected chi connectivity index (χ3v) is 5.58. The van der Waals surface area contributed by atoms with E-state index in [0.29, 0.717) is 17.0 Å². The minimum Gasteiger partial charge on any atom is -0.497 e. The van der Waals surface area contributed by atoms with E-state index in [-0.39, 0.29) is 24.4 Å². The van der Waals surface area contributed by atoms with Crippen LogP contribution in [0.25, 0.3) is 16.8 Å². The summed E-state index contributed by atoms with van der Waals surface area (Å²) in [5, 5.41) is 8.50. The van der Waals surface area contributed by atoms with Crippen molar-refractivity contribution in [1.29, 1.82) is 0 Å². The summed E-state index contributed by atoms with van der Waals surface area (Å²) in [5.41, 5.74) is 3.00. The molecule has 156 valence electrons. The number of nitrogens with zero attached hydrogens (tertiary/aromatic N) is 4. The molecule has 3 aromatic rings. The zero-order valence-corrected chi connectivity index (χ0v) is 17.2. The molecule has 6 nitrogen and oxygen atoms in total. The summed E-state index contributed by atoms with van der Waals surface area (Å²) in [6, 6.07) is 8.96.